The topological polar surface area (TPSA) is 57.7 Å². The highest BCUT2D eigenvalue weighted by Crippen LogP contribution is 2.21. The zero-order valence-electron chi connectivity index (χ0n) is 15.0. The largest absolute Gasteiger partial charge is 0.339 e. The molecule has 0 bridgehead atoms. The summed E-state index contributed by atoms with van der Waals surface area (Å²) in [6.07, 6.45) is 0.846. The number of sulfonamides is 1. The predicted octanol–water partition coefficient (Wildman–Crippen LogP) is 2.90. The maximum Gasteiger partial charge on any atom is 0.254 e. The van der Waals surface area contributed by atoms with Crippen LogP contribution in [-0.2, 0) is 10.0 Å². The third-order valence-corrected chi connectivity index (χ3v) is 6.40. The first-order valence-electron chi connectivity index (χ1n) is 8.08. The van der Waals surface area contributed by atoms with Crippen LogP contribution >= 0.6 is 0 Å². The van der Waals surface area contributed by atoms with Crippen LogP contribution in [0.25, 0.3) is 0 Å². The van der Waals surface area contributed by atoms with E-state index in [1.807, 2.05) is 20.8 Å². The van der Waals surface area contributed by atoms with Gasteiger partial charge in [0.15, 0.2) is 0 Å². The fourth-order valence-electron chi connectivity index (χ4n) is 2.37. The minimum absolute atomic E-state index is 0.102. The number of amides is 1. The van der Waals surface area contributed by atoms with Gasteiger partial charge in [-0.15, -0.1) is 0 Å². The lowest BCUT2D eigenvalue weighted by atomic mass is 10.1. The van der Waals surface area contributed by atoms with E-state index in [4.69, 9.17) is 0 Å². The van der Waals surface area contributed by atoms with E-state index in [-0.39, 0.29) is 16.8 Å². The molecule has 0 N–H and O–H groups in total. The number of hydrogen-bond donors (Lipinski definition) is 0. The van der Waals surface area contributed by atoms with Crippen molar-refractivity contribution in [1.82, 2.24) is 9.21 Å². The first kappa shape index (κ1) is 19.6. The van der Waals surface area contributed by atoms with E-state index < -0.39 is 10.0 Å². The van der Waals surface area contributed by atoms with Gasteiger partial charge in [-0.25, -0.2) is 8.42 Å². The Balaban J connectivity index is 3.31. The Labute approximate surface area is 140 Å². The zero-order valence-corrected chi connectivity index (χ0v) is 15.8. The molecule has 0 saturated carbocycles. The second-order valence-electron chi connectivity index (χ2n) is 5.74. The van der Waals surface area contributed by atoms with E-state index >= 15 is 0 Å². The Bertz CT molecular complexity index is 652. The van der Waals surface area contributed by atoms with Gasteiger partial charge in [0.05, 0.1) is 4.90 Å². The summed E-state index contributed by atoms with van der Waals surface area (Å²) in [6.45, 7) is 10.2. The fraction of sp³-hybridized carbons (Fsp3) is 0.588. The van der Waals surface area contributed by atoms with Gasteiger partial charge in [0, 0.05) is 31.7 Å². The van der Waals surface area contributed by atoms with Gasteiger partial charge >= 0.3 is 0 Å². The number of nitrogens with zero attached hydrogens (tertiary/aromatic N) is 2. The number of aryl methyl sites for hydroxylation is 1. The molecule has 1 amide bonds. The molecule has 130 valence electrons. The van der Waals surface area contributed by atoms with Crippen LogP contribution in [0, 0.1) is 6.92 Å². The van der Waals surface area contributed by atoms with Gasteiger partial charge in [-0.1, -0.05) is 26.8 Å². The van der Waals surface area contributed by atoms with E-state index in [0.29, 0.717) is 18.7 Å². The van der Waals surface area contributed by atoms with Crippen molar-refractivity contribution < 1.29 is 13.2 Å². The molecule has 1 atom stereocenters. The van der Waals surface area contributed by atoms with Crippen LogP contribution < -0.4 is 0 Å². The summed E-state index contributed by atoms with van der Waals surface area (Å²) in [7, 11) is -1.81. The van der Waals surface area contributed by atoms with E-state index in [0.717, 1.165) is 12.0 Å². The summed E-state index contributed by atoms with van der Waals surface area (Å²) < 4.78 is 26.7. The first-order valence-corrected chi connectivity index (χ1v) is 9.52. The highest BCUT2D eigenvalue weighted by molar-refractivity contribution is 7.89. The first-order chi connectivity index (χ1) is 10.7. The number of benzene rings is 1. The van der Waals surface area contributed by atoms with Crippen molar-refractivity contribution >= 4 is 15.9 Å². The Morgan fingerprint density at radius 3 is 2.22 bits per heavy atom. The third-order valence-electron chi connectivity index (χ3n) is 4.35. The molecule has 0 aliphatic rings. The molecular formula is C17H28N2O3S. The Morgan fingerprint density at radius 1 is 1.17 bits per heavy atom. The number of rotatable bonds is 7. The van der Waals surface area contributed by atoms with Gasteiger partial charge in [0.1, 0.15) is 0 Å². The minimum atomic E-state index is -3.56. The standard InChI is InChI=1S/C17H28N2O3S/c1-7-14(5)18(6)17(20)16-12-15(11-10-13(16)4)23(21,22)19(8-2)9-3/h10-12,14H,7-9H2,1-6H3. The third kappa shape index (κ3) is 4.12. The van der Waals surface area contributed by atoms with E-state index in [2.05, 4.69) is 0 Å². The molecule has 0 heterocycles. The monoisotopic (exact) mass is 340 g/mol. The quantitative estimate of drug-likeness (QED) is 0.767. The van der Waals surface area contributed by atoms with Crippen LogP contribution in [-0.4, -0.2) is 49.7 Å². The molecule has 0 saturated heterocycles. The lowest BCUT2D eigenvalue weighted by molar-refractivity contribution is 0.0739. The molecule has 0 fully saturated rings. The van der Waals surface area contributed by atoms with Crippen molar-refractivity contribution in [2.75, 3.05) is 20.1 Å². The normalized spacial score (nSPS) is 13.2. The average Bonchev–Trinajstić information content (AvgIpc) is 2.53. The molecule has 1 aromatic carbocycles. The molecule has 1 aromatic rings. The van der Waals surface area contributed by atoms with Crippen LogP contribution in [0.2, 0.25) is 0 Å². The summed E-state index contributed by atoms with van der Waals surface area (Å²) in [5, 5.41) is 0. The number of carbonyl (C=O) groups excluding carboxylic acids is 1. The summed E-state index contributed by atoms with van der Waals surface area (Å²) in [5.41, 5.74) is 1.23. The number of carbonyl (C=O) groups is 1. The van der Waals surface area contributed by atoms with Gasteiger partial charge in [-0.3, -0.25) is 4.79 Å². The molecule has 0 aliphatic carbocycles. The van der Waals surface area contributed by atoms with Crippen molar-refractivity contribution in [1.29, 1.82) is 0 Å². The Morgan fingerprint density at radius 2 is 1.74 bits per heavy atom. The highest BCUT2D eigenvalue weighted by Gasteiger charge is 2.25. The van der Waals surface area contributed by atoms with Crippen molar-refractivity contribution in [3.8, 4) is 0 Å². The second kappa shape index (κ2) is 7.93. The lowest BCUT2D eigenvalue weighted by Crippen LogP contribution is -2.35. The highest BCUT2D eigenvalue weighted by atomic mass is 32.2. The van der Waals surface area contributed by atoms with Gasteiger partial charge < -0.3 is 4.90 Å². The van der Waals surface area contributed by atoms with Crippen molar-refractivity contribution in [2.45, 2.75) is 52.0 Å². The maximum absolute atomic E-state index is 12.7. The second-order valence-corrected chi connectivity index (χ2v) is 7.68. The Hall–Kier alpha value is -1.40. The van der Waals surface area contributed by atoms with Gasteiger partial charge in [-0.2, -0.15) is 4.31 Å². The number of hydrogen-bond acceptors (Lipinski definition) is 3. The SMILES string of the molecule is CCC(C)N(C)C(=O)c1cc(S(=O)(=O)N(CC)CC)ccc1C. The van der Waals surface area contributed by atoms with Crippen LogP contribution in [0.1, 0.15) is 50.0 Å². The summed E-state index contributed by atoms with van der Waals surface area (Å²) in [6, 6.07) is 4.88. The zero-order chi connectivity index (χ0) is 17.8. The van der Waals surface area contributed by atoms with E-state index in [9.17, 15) is 13.2 Å². The van der Waals surface area contributed by atoms with Crippen LogP contribution in [0.4, 0.5) is 0 Å². The maximum atomic E-state index is 12.7. The molecule has 1 rings (SSSR count). The van der Waals surface area contributed by atoms with Gasteiger partial charge in [0.2, 0.25) is 10.0 Å². The molecular weight excluding hydrogens is 312 g/mol. The Kier molecular flexibility index (Phi) is 6.77. The van der Waals surface area contributed by atoms with Gasteiger partial charge in [0.25, 0.3) is 5.91 Å². The summed E-state index contributed by atoms with van der Waals surface area (Å²) >= 11 is 0. The van der Waals surface area contributed by atoms with Crippen molar-refractivity contribution in [3.63, 3.8) is 0 Å². The molecule has 1 unspecified atom stereocenters. The average molecular weight is 340 g/mol. The molecule has 0 aromatic heterocycles. The molecule has 23 heavy (non-hydrogen) atoms. The van der Waals surface area contributed by atoms with Crippen LogP contribution in [0.5, 0.6) is 0 Å². The summed E-state index contributed by atoms with van der Waals surface area (Å²) in [4.78, 5) is 14.5. The molecule has 6 heteroatoms. The predicted molar refractivity (Wildman–Crippen MR) is 93.1 cm³/mol. The molecule has 0 spiro atoms. The van der Waals surface area contributed by atoms with Crippen molar-refractivity contribution in [3.05, 3.63) is 29.3 Å². The van der Waals surface area contributed by atoms with E-state index in [1.54, 1.807) is 37.9 Å². The molecule has 0 aliphatic heterocycles. The molecule has 5 nitrogen and oxygen atoms in total. The fourth-order valence-corrected chi connectivity index (χ4v) is 3.85. The smallest absolute Gasteiger partial charge is 0.254 e. The lowest BCUT2D eigenvalue weighted by Gasteiger charge is -2.25. The molecule has 0 radical (unpaired) electrons. The summed E-state index contributed by atoms with van der Waals surface area (Å²) in [5.74, 6) is -0.145. The van der Waals surface area contributed by atoms with Crippen LogP contribution in [0.15, 0.2) is 23.1 Å². The van der Waals surface area contributed by atoms with Gasteiger partial charge in [-0.05, 0) is 38.0 Å². The van der Waals surface area contributed by atoms with E-state index in [1.165, 1.54) is 10.4 Å². The van der Waals surface area contributed by atoms with Crippen LogP contribution in [0.3, 0.4) is 0 Å². The van der Waals surface area contributed by atoms with Crippen molar-refractivity contribution in [2.24, 2.45) is 0 Å². The minimum Gasteiger partial charge on any atom is -0.339 e.